The summed E-state index contributed by atoms with van der Waals surface area (Å²) in [5.41, 5.74) is 1.03. The third-order valence-electron chi connectivity index (χ3n) is 4.69. The van der Waals surface area contributed by atoms with Crippen LogP contribution in [-0.4, -0.2) is 37.6 Å². The maximum Gasteiger partial charge on any atom is 0.346 e. The van der Waals surface area contributed by atoms with Crippen molar-refractivity contribution in [3.05, 3.63) is 62.2 Å². The number of rotatable bonds is 5. The van der Waals surface area contributed by atoms with Crippen molar-refractivity contribution in [2.24, 2.45) is 0 Å². The SMILES string of the molecule is Cc1nnc(Cn2nc(C3CCNCC3)n(Cc3ccccc3)c2=O)s1. The van der Waals surface area contributed by atoms with Crippen LogP contribution in [0.15, 0.2) is 35.1 Å². The standard InChI is InChI=1S/C18H22N6OS/c1-13-20-21-16(26-13)12-24-18(25)23(11-14-5-3-2-4-6-14)17(22-24)15-7-9-19-10-8-15/h2-6,15,19H,7-12H2,1H3. The number of nitrogens with one attached hydrogen (secondary N) is 1. The molecule has 1 N–H and O–H groups in total. The summed E-state index contributed by atoms with van der Waals surface area (Å²) >= 11 is 1.50. The molecule has 3 heterocycles. The molecule has 7 nitrogen and oxygen atoms in total. The van der Waals surface area contributed by atoms with Crippen molar-refractivity contribution in [2.45, 2.75) is 38.8 Å². The molecular weight excluding hydrogens is 348 g/mol. The molecule has 0 amide bonds. The van der Waals surface area contributed by atoms with Crippen molar-refractivity contribution in [1.82, 2.24) is 29.9 Å². The van der Waals surface area contributed by atoms with Gasteiger partial charge in [0.1, 0.15) is 22.4 Å². The van der Waals surface area contributed by atoms with Crippen LogP contribution in [0.4, 0.5) is 0 Å². The van der Waals surface area contributed by atoms with E-state index in [-0.39, 0.29) is 5.69 Å². The van der Waals surface area contributed by atoms with E-state index in [9.17, 15) is 4.79 Å². The zero-order valence-corrected chi connectivity index (χ0v) is 15.6. The van der Waals surface area contributed by atoms with E-state index in [2.05, 4.69) is 15.5 Å². The van der Waals surface area contributed by atoms with Gasteiger partial charge in [-0.2, -0.15) is 5.10 Å². The molecule has 2 aromatic heterocycles. The molecule has 0 atom stereocenters. The molecule has 0 bridgehead atoms. The van der Waals surface area contributed by atoms with Crippen molar-refractivity contribution >= 4 is 11.3 Å². The van der Waals surface area contributed by atoms with E-state index in [0.29, 0.717) is 19.0 Å². The van der Waals surface area contributed by atoms with Crippen LogP contribution >= 0.6 is 11.3 Å². The largest absolute Gasteiger partial charge is 0.346 e. The summed E-state index contributed by atoms with van der Waals surface area (Å²) in [5.74, 6) is 1.20. The minimum atomic E-state index is -0.0739. The molecule has 8 heteroatoms. The van der Waals surface area contributed by atoms with Gasteiger partial charge in [0.2, 0.25) is 0 Å². The lowest BCUT2D eigenvalue weighted by Crippen LogP contribution is -2.30. The lowest BCUT2D eigenvalue weighted by Gasteiger charge is -2.22. The maximum atomic E-state index is 13.1. The number of hydrogen-bond donors (Lipinski definition) is 1. The van der Waals surface area contributed by atoms with Gasteiger partial charge in [-0.05, 0) is 38.4 Å². The van der Waals surface area contributed by atoms with Gasteiger partial charge < -0.3 is 5.32 Å². The highest BCUT2D eigenvalue weighted by molar-refractivity contribution is 7.11. The van der Waals surface area contributed by atoms with Gasteiger partial charge in [0, 0.05) is 5.92 Å². The third-order valence-corrected chi connectivity index (χ3v) is 5.52. The first-order valence-corrected chi connectivity index (χ1v) is 9.73. The van der Waals surface area contributed by atoms with Crippen LogP contribution in [0.3, 0.4) is 0 Å². The predicted molar refractivity (Wildman–Crippen MR) is 101 cm³/mol. The molecule has 0 radical (unpaired) electrons. The van der Waals surface area contributed by atoms with Crippen molar-refractivity contribution in [3.8, 4) is 0 Å². The first-order chi connectivity index (χ1) is 12.7. The number of benzene rings is 1. The van der Waals surface area contributed by atoms with Crippen LogP contribution in [-0.2, 0) is 13.1 Å². The summed E-state index contributed by atoms with van der Waals surface area (Å²) in [4.78, 5) is 13.1. The summed E-state index contributed by atoms with van der Waals surface area (Å²) in [6.45, 7) is 4.77. The Morgan fingerprint density at radius 3 is 2.62 bits per heavy atom. The van der Waals surface area contributed by atoms with Crippen LogP contribution in [0.2, 0.25) is 0 Å². The monoisotopic (exact) mass is 370 g/mol. The normalized spacial score (nSPS) is 15.4. The second kappa shape index (κ2) is 7.51. The first-order valence-electron chi connectivity index (χ1n) is 8.92. The number of aryl methyl sites for hydroxylation is 1. The Morgan fingerprint density at radius 1 is 1.15 bits per heavy atom. The second-order valence-electron chi connectivity index (χ2n) is 6.61. The predicted octanol–water partition coefficient (Wildman–Crippen LogP) is 1.77. The van der Waals surface area contributed by atoms with Crippen molar-refractivity contribution in [1.29, 1.82) is 0 Å². The molecule has 1 aromatic carbocycles. The number of hydrogen-bond acceptors (Lipinski definition) is 6. The lowest BCUT2D eigenvalue weighted by atomic mass is 9.97. The molecule has 0 aliphatic carbocycles. The third kappa shape index (κ3) is 3.61. The Bertz CT molecular complexity index is 923. The van der Waals surface area contributed by atoms with Crippen molar-refractivity contribution in [2.75, 3.05) is 13.1 Å². The van der Waals surface area contributed by atoms with Crippen LogP contribution < -0.4 is 11.0 Å². The summed E-state index contributed by atoms with van der Waals surface area (Å²) < 4.78 is 3.37. The Hall–Kier alpha value is -2.32. The molecule has 0 saturated carbocycles. The molecule has 0 unspecified atom stereocenters. The highest BCUT2D eigenvalue weighted by atomic mass is 32.1. The molecule has 4 rings (SSSR count). The average Bonchev–Trinajstić information content (AvgIpc) is 3.21. The topological polar surface area (TPSA) is 77.6 Å². The van der Waals surface area contributed by atoms with Crippen molar-refractivity contribution in [3.63, 3.8) is 0 Å². The van der Waals surface area contributed by atoms with Gasteiger partial charge in [0.25, 0.3) is 0 Å². The summed E-state index contributed by atoms with van der Waals surface area (Å²) in [6, 6.07) is 10.1. The van der Waals surface area contributed by atoms with E-state index in [0.717, 1.165) is 47.3 Å². The minimum absolute atomic E-state index is 0.0739. The molecule has 1 saturated heterocycles. The van der Waals surface area contributed by atoms with E-state index < -0.39 is 0 Å². The zero-order valence-electron chi connectivity index (χ0n) is 14.8. The minimum Gasteiger partial charge on any atom is -0.317 e. The smallest absolute Gasteiger partial charge is 0.317 e. The van der Waals surface area contributed by atoms with Crippen LogP contribution in [0.5, 0.6) is 0 Å². The molecular formula is C18H22N6OS. The Kier molecular flexibility index (Phi) is 4.94. The van der Waals surface area contributed by atoms with E-state index in [4.69, 9.17) is 5.10 Å². The van der Waals surface area contributed by atoms with E-state index in [1.54, 1.807) is 4.68 Å². The first kappa shape index (κ1) is 17.1. The fourth-order valence-corrected chi connectivity index (χ4v) is 4.08. The molecule has 0 spiro atoms. The quantitative estimate of drug-likeness (QED) is 0.741. The molecule has 136 valence electrons. The van der Waals surface area contributed by atoms with Crippen LogP contribution in [0.25, 0.3) is 0 Å². The summed E-state index contributed by atoms with van der Waals surface area (Å²) in [7, 11) is 0. The van der Waals surface area contributed by atoms with Gasteiger partial charge in [-0.1, -0.05) is 41.7 Å². The van der Waals surface area contributed by atoms with E-state index >= 15 is 0 Å². The van der Waals surface area contributed by atoms with E-state index in [1.165, 1.54) is 11.3 Å². The number of aromatic nitrogens is 5. The Balaban J connectivity index is 1.70. The van der Waals surface area contributed by atoms with E-state index in [1.807, 2.05) is 41.8 Å². The van der Waals surface area contributed by atoms with Gasteiger partial charge in [0.15, 0.2) is 0 Å². The fraction of sp³-hybridized carbons (Fsp3) is 0.444. The van der Waals surface area contributed by atoms with Crippen LogP contribution in [0.1, 0.15) is 40.2 Å². The molecule has 3 aromatic rings. The van der Waals surface area contributed by atoms with Gasteiger partial charge >= 0.3 is 5.69 Å². The van der Waals surface area contributed by atoms with Gasteiger partial charge in [-0.25, -0.2) is 9.48 Å². The van der Waals surface area contributed by atoms with Gasteiger partial charge in [0.05, 0.1) is 6.54 Å². The molecule has 1 aliphatic heterocycles. The Labute approximate surface area is 155 Å². The van der Waals surface area contributed by atoms with Gasteiger partial charge in [-0.15, -0.1) is 10.2 Å². The zero-order chi connectivity index (χ0) is 17.9. The summed E-state index contributed by atoms with van der Waals surface area (Å²) in [5, 5.41) is 18.0. The molecule has 1 aliphatic rings. The average molecular weight is 370 g/mol. The molecule has 1 fully saturated rings. The van der Waals surface area contributed by atoms with Crippen LogP contribution in [0, 0.1) is 6.92 Å². The second-order valence-corrected chi connectivity index (χ2v) is 7.88. The van der Waals surface area contributed by atoms with Crippen molar-refractivity contribution < 1.29 is 0 Å². The number of nitrogens with zero attached hydrogens (tertiary/aromatic N) is 5. The fourth-order valence-electron chi connectivity index (χ4n) is 3.39. The number of piperidine rings is 1. The highest BCUT2D eigenvalue weighted by Gasteiger charge is 2.24. The maximum absolute atomic E-state index is 13.1. The highest BCUT2D eigenvalue weighted by Crippen LogP contribution is 2.23. The lowest BCUT2D eigenvalue weighted by molar-refractivity contribution is 0.430. The van der Waals surface area contributed by atoms with Gasteiger partial charge in [-0.3, -0.25) is 4.57 Å². The Morgan fingerprint density at radius 2 is 1.92 bits per heavy atom. The summed E-state index contributed by atoms with van der Waals surface area (Å²) in [6.07, 6.45) is 2.01. The molecule has 26 heavy (non-hydrogen) atoms.